The maximum absolute atomic E-state index is 12.8. The molecule has 8 nitrogen and oxygen atoms in total. The number of hydrogen-bond acceptors (Lipinski definition) is 6. The van der Waals surface area contributed by atoms with Crippen molar-refractivity contribution in [3.8, 4) is 5.75 Å². The highest BCUT2D eigenvalue weighted by molar-refractivity contribution is 6.05. The second kappa shape index (κ2) is 8.00. The normalized spacial score (nSPS) is 19.7. The molecule has 0 saturated carbocycles. The van der Waals surface area contributed by atoms with Gasteiger partial charge in [0.2, 0.25) is 5.91 Å². The summed E-state index contributed by atoms with van der Waals surface area (Å²) in [5.41, 5.74) is 0.870. The van der Waals surface area contributed by atoms with Crippen LogP contribution in [-0.4, -0.2) is 61.3 Å². The van der Waals surface area contributed by atoms with Gasteiger partial charge in [-0.3, -0.25) is 24.1 Å². The molecule has 0 bridgehead atoms. The number of anilines is 1. The Morgan fingerprint density at radius 3 is 2.50 bits per heavy atom. The summed E-state index contributed by atoms with van der Waals surface area (Å²) in [6, 6.07) is 4.87. The molecule has 2 aliphatic heterocycles. The van der Waals surface area contributed by atoms with Gasteiger partial charge in [-0.2, -0.15) is 0 Å². The fourth-order valence-corrected chi connectivity index (χ4v) is 3.56. The van der Waals surface area contributed by atoms with Gasteiger partial charge in [-0.25, -0.2) is 0 Å². The summed E-state index contributed by atoms with van der Waals surface area (Å²) in [6.45, 7) is 3.81. The Hall–Kier alpha value is -2.90. The van der Waals surface area contributed by atoms with Gasteiger partial charge in [0, 0.05) is 18.7 Å². The Bertz CT molecular complexity index is 813. The maximum Gasteiger partial charge on any atom is 0.308 e. The van der Waals surface area contributed by atoms with Gasteiger partial charge in [-0.1, -0.05) is 0 Å². The zero-order chi connectivity index (χ0) is 20.4. The van der Waals surface area contributed by atoms with Crippen molar-refractivity contribution in [3.63, 3.8) is 0 Å². The Kier molecular flexibility index (Phi) is 5.67. The number of Topliss-reactive ketones (excluding diaryl/α,β-unsaturated/α-hetero) is 1. The molecule has 0 aliphatic carbocycles. The van der Waals surface area contributed by atoms with Crippen LogP contribution < -0.4 is 9.64 Å². The van der Waals surface area contributed by atoms with Crippen LogP contribution in [0.15, 0.2) is 18.2 Å². The van der Waals surface area contributed by atoms with E-state index in [1.54, 1.807) is 30.0 Å². The topological polar surface area (TPSA) is 93.2 Å². The smallest absolute Gasteiger partial charge is 0.308 e. The second-order valence-electron chi connectivity index (χ2n) is 7.10. The number of rotatable bonds is 4. The third-order valence-electron chi connectivity index (χ3n) is 5.25. The molecule has 0 aromatic heterocycles. The predicted molar refractivity (Wildman–Crippen MR) is 100 cm³/mol. The highest BCUT2D eigenvalue weighted by atomic mass is 16.5. The number of esters is 1. The molecular formula is C20H24N2O6. The number of hydrogen-bond donors (Lipinski definition) is 0. The molecule has 1 saturated heterocycles. The average molecular weight is 388 g/mol. The van der Waals surface area contributed by atoms with Gasteiger partial charge in [-0.05, 0) is 44.9 Å². The maximum atomic E-state index is 12.8. The van der Waals surface area contributed by atoms with E-state index < -0.39 is 6.10 Å². The zero-order valence-electron chi connectivity index (χ0n) is 16.3. The minimum atomic E-state index is -0.714. The van der Waals surface area contributed by atoms with E-state index in [1.807, 2.05) is 0 Å². The molecular weight excluding hydrogens is 364 g/mol. The third kappa shape index (κ3) is 3.85. The van der Waals surface area contributed by atoms with E-state index in [-0.39, 0.29) is 36.0 Å². The van der Waals surface area contributed by atoms with E-state index in [1.165, 1.54) is 18.9 Å². The molecule has 28 heavy (non-hydrogen) atoms. The van der Waals surface area contributed by atoms with E-state index >= 15 is 0 Å². The first-order valence-corrected chi connectivity index (χ1v) is 9.30. The van der Waals surface area contributed by atoms with Gasteiger partial charge in [0.15, 0.2) is 11.9 Å². The van der Waals surface area contributed by atoms with Crippen LogP contribution in [-0.2, 0) is 19.1 Å². The molecule has 8 heteroatoms. The molecule has 1 fully saturated rings. The lowest BCUT2D eigenvalue weighted by molar-refractivity contribution is -0.148. The summed E-state index contributed by atoms with van der Waals surface area (Å²) >= 11 is 0. The average Bonchev–Trinajstić information content (AvgIpc) is 2.70. The number of carbonyl (C=O) groups is 4. The van der Waals surface area contributed by atoms with Crippen molar-refractivity contribution < 1.29 is 28.7 Å². The van der Waals surface area contributed by atoms with E-state index in [9.17, 15) is 19.2 Å². The number of benzene rings is 1. The summed E-state index contributed by atoms with van der Waals surface area (Å²) in [6.07, 6.45) is 0.363. The number of piperidine rings is 1. The third-order valence-corrected chi connectivity index (χ3v) is 5.25. The van der Waals surface area contributed by atoms with E-state index in [4.69, 9.17) is 9.47 Å². The minimum Gasteiger partial charge on any atom is -0.479 e. The number of ketones is 1. The summed E-state index contributed by atoms with van der Waals surface area (Å²) in [5.74, 6) is -0.650. The van der Waals surface area contributed by atoms with Crippen LogP contribution >= 0.6 is 0 Å². The van der Waals surface area contributed by atoms with E-state index in [0.29, 0.717) is 42.9 Å². The first-order valence-electron chi connectivity index (χ1n) is 9.30. The van der Waals surface area contributed by atoms with E-state index in [0.717, 1.165) is 0 Å². The first kappa shape index (κ1) is 19.9. The van der Waals surface area contributed by atoms with Crippen LogP contribution in [0.3, 0.4) is 0 Å². The number of ether oxygens (including phenoxy) is 2. The molecule has 1 aromatic rings. The van der Waals surface area contributed by atoms with Crippen LogP contribution in [0.25, 0.3) is 0 Å². The summed E-state index contributed by atoms with van der Waals surface area (Å²) in [4.78, 5) is 51.8. The molecule has 2 amide bonds. The van der Waals surface area contributed by atoms with Gasteiger partial charge in [-0.15, -0.1) is 0 Å². The summed E-state index contributed by atoms with van der Waals surface area (Å²) < 4.78 is 10.4. The van der Waals surface area contributed by atoms with Crippen molar-refractivity contribution in [3.05, 3.63) is 23.8 Å². The van der Waals surface area contributed by atoms with Crippen LogP contribution in [0.1, 0.15) is 37.0 Å². The van der Waals surface area contributed by atoms with Crippen molar-refractivity contribution >= 4 is 29.3 Å². The van der Waals surface area contributed by atoms with E-state index in [2.05, 4.69) is 0 Å². The van der Waals surface area contributed by atoms with Gasteiger partial charge in [0.05, 0.1) is 18.7 Å². The Balaban J connectivity index is 1.75. The molecule has 1 unspecified atom stereocenters. The summed E-state index contributed by atoms with van der Waals surface area (Å²) in [7, 11) is 1.36. The molecule has 2 aliphatic rings. The highest BCUT2D eigenvalue weighted by Gasteiger charge is 2.35. The predicted octanol–water partition coefficient (Wildman–Crippen LogP) is 1.41. The van der Waals surface area contributed by atoms with Crippen LogP contribution in [0, 0.1) is 5.92 Å². The zero-order valence-corrected chi connectivity index (χ0v) is 16.3. The molecule has 0 radical (unpaired) electrons. The Morgan fingerprint density at radius 1 is 1.21 bits per heavy atom. The number of methoxy groups -OCH3 is 1. The molecule has 2 heterocycles. The quantitative estimate of drug-likeness (QED) is 0.572. The lowest BCUT2D eigenvalue weighted by Crippen LogP contribution is -2.51. The molecule has 0 spiro atoms. The van der Waals surface area contributed by atoms with Crippen molar-refractivity contribution in [1.29, 1.82) is 0 Å². The Labute approximate surface area is 163 Å². The lowest BCUT2D eigenvalue weighted by Gasteiger charge is -2.36. The Morgan fingerprint density at radius 2 is 1.89 bits per heavy atom. The fourth-order valence-electron chi connectivity index (χ4n) is 3.56. The van der Waals surface area contributed by atoms with Crippen LogP contribution in [0.4, 0.5) is 5.69 Å². The number of nitrogens with zero attached hydrogens (tertiary/aromatic N) is 2. The molecule has 150 valence electrons. The second-order valence-corrected chi connectivity index (χ2v) is 7.10. The number of fused-ring (bicyclic) bond motifs is 1. The van der Waals surface area contributed by atoms with Gasteiger partial charge >= 0.3 is 5.97 Å². The van der Waals surface area contributed by atoms with Crippen molar-refractivity contribution in [2.75, 3.05) is 31.6 Å². The summed E-state index contributed by atoms with van der Waals surface area (Å²) in [5, 5.41) is 0. The molecule has 1 atom stereocenters. The SMILES string of the molecule is COC(=O)C1CCN(C(=O)CN2C(=O)C(C)Oc3ccc(C(C)=O)cc32)CC1. The van der Waals surface area contributed by atoms with Crippen molar-refractivity contribution in [2.45, 2.75) is 32.8 Å². The number of likely N-dealkylation sites (tertiary alicyclic amines) is 1. The number of amides is 2. The number of carbonyl (C=O) groups excluding carboxylic acids is 4. The first-order chi connectivity index (χ1) is 13.3. The lowest BCUT2D eigenvalue weighted by atomic mass is 9.97. The van der Waals surface area contributed by atoms with Crippen molar-refractivity contribution in [1.82, 2.24) is 4.90 Å². The van der Waals surface area contributed by atoms with Crippen LogP contribution in [0.2, 0.25) is 0 Å². The van der Waals surface area contributed by atoms with Gasteiger partial charge in [0.25, 0.3) is 5.91 Å². The molecule has 0 N–H and O–H groups in total. The van der Waals surface area contributed by atoms with Gasteiger partial charge < -0.3 is 14.4 Å². The van der Waals surface area contributed by atoms with Gasteiger partial charge in [0.1, 0.15) is 12.3 Å². The molecule has 3 rings (SSSR count). The molecule has 1 aromatic carbocycles. The van der Waals surface area contributed by atoms with Crippen molar-refractivity contribution in [2.24, 2.45) is 5.92 Å². The monoisotopic (exact) mass is 388 g/mol. The standard InChI is InChI=1S/C20H24N2O6/c1-12(23)15-4-5-17-16(10-15)22(19(25)13(2)28-17)11-18(24)21-8-6-14(7-9-21)20(26)27-3/h4-5,10,13-14H,6-9,11H2,1-3H3. The fraction of sp³-hybridized carbons (Fsp3) is 0.500. The largest absolute Gasteiger partial charge is 0.479 e. The minimum absolute atomic E-state index is 0.134. The van der Waals surface area contributed by atoms with Crippen LogP contribution in [0.5, 0.6) is 5.75 Å². The highest BCUT2D eigenvalue weighted by Crippen LogP contribution is 2.35.